The van der Waals surface area contributed by atoms with Crippen LogP contribution in [-0.4, -0.2) is 21.7 Å². The van der Waals surface area contributed by atoms with Crippen molar-refractivity contribution in [2.75, 3.05) is 0 Å². The maximum atomic E-state index is 13.1. The first-order valence-electron chi connectivity index (χ1n) is 10.5. The second-order valence-electron chi connectivity index (χ2n) is 7.07. The number of non-ortho nitro benzene ring substituents is 1. The van der Waals surface area contributed by atoms with E-state index in [9.17, 15) is 19.7 Å². The number of nitro benzene ring substituents is 1. The van der Waals surface area contributed by atoms with E-state index in [1.807, 2.05) is 26.8 Å². The first kappa shape index (κ1) is 25.1. The summed E-state index contributed by atoms with van der Waals surface area (Å²) in [6.45, 7) is 9.13. The number of aromatic amines is 1. The number of allylic oxidation sites excluding steroid dienone is 7. The van der Waals surface area contributed by atoms with Crippen molar-refractivity contribution in [3.05, 3.63) is 100 Å². The van der Waals surface area contributed by atoms with E-state index in [0.29, 0.717) is 27.9 Å². The topological polar surface area (TPSA) is 117 Å². The molecule has 0 bridgehead atoms. The van der Waals surface area contributed by atoms with Crippen LogP contribution in [0, 0.1) is 10.1 Å². The molecule has 3 N–H and O–H groups in total. The third-order valence-corrected chi connectivity index (χ3v) is 4.77. The van der Waals surface area contributed by atoms with Gasteiger partial charge in [0.1, 0.15) is 5.69 Å². The summed E-state index contributed by atoms with van der Waals surface area (Å²) < 4.78 is 0. The largest absolute Gasteiger partial charge is 0.350 e. The van der Waals surface area contributed by atoms with E-state index in [-0.39, 0.29) is 30.1 Å². The Bertz CT molecular complexity index is 1180. The van der Waals surface area contributed by atoms with Crippen LogP contribution in [0.25, 0.3) is 10.9 Å². The number of benzene rings is 1. The fraction of sp³-hybridized carbons (Fsp3) is 0.200. The first-order chi connectivity index (χ1) is 15.8. The predicted octanol–water partition coefficient (Wildman–Crippen LogP) is 4.98. The number of aryl methyl sites for hydroxylation is 1. The van der Waals surface area contributed by atoms with E-state index in [4.69, 9.17) is 0 Å². The summed E-state index contributed by atoms with van der Waals surface area (Å²) in [5.41, 5.74) is 2.47. The molecule has 0 saturated heterocycles. The van der Waals surface area contributed by atoms with Crippen molar-refractivity contribution in [1.29, 1.82) is 0 Å². The second-order valence-corrected chi connectivity index (χ2v) is 7.07. The number of H-pyrrole nitrogens is 1. The molecule has 0 aliphatic carbocycles. The monoisotopic (exact) mass is 448 g/mol. The Hall–Kier alpha value is -4.20. The molecule has 0 fully saturated rings. The zero-order chi connectivity index (χ0) is 24.4. The van der Waals surface area contributed by atoms with Crippen molar-refractivity contribution in [2.45, 2.75) is 33.6 Å². The number of hydrogen-bond acceptors (Lipinski definition) is 4. The van der Waals surface area contributed by atoms with Gasteiger partial charge in [-0.05, 0) is 57.0 Å². The van der Waals surface area contributed by atoms with Crippen molar-refractivity contribution < 1.29 is 14.5 Å². The number of hydrogen-bond donors (Lipinski definition) is 3. The van der Waals surface area contributed by atoms with Crippen LogP contribution >= 0.6 is 0 Å². The summed E-state index contributed by atoms with van der Waals surface area (Å²) in [5, 5.41) is 17.4. The van der Waals surface area contributed by atoms with Crippen LogP contribution in [0.3, 0.4) is 0 Å². The van der Waals surface area contributed by atoms with Gasteiger partial charge in [-0.1, -0.05) is 30.9 Å². The normalized spacial score (nSPS) is 12.5. The van der Waals surface area contributed by atoms with E-state index in [1.165, 1.54) is 12.1 Å². The number of nitro groups is 1. The molecule has 0 aliphatic rings. The van der Waals surface area contributed by atoms with Crippen LogP contribution in [0.2, 0.25) is 0 Å². The van der Waals surface area contributed by atoms with Crippen LogP contribution in [-0.2, 0) is 11.2 Å². The molecular formula is C25H28N4O4. The molecule has 0 unspecified atom stereocenters. The highest BCUT2D eigenvalue weighted by Crippen LogP contribution is 2.28. The number of fused-ring (bicyclic) bond motifs is 1. The maximum Gasteiger partial charge on any atom is 0.272 e. The van der Waals surface area contributed by atoms with E-state index in [2.05, 4.69) is 22.2 Å². The molecule has 2 rings (SSSR count). The third kappa shape index (κ3) is 6.64. The number of rotatable bonds is 10. The lowest BCUT2D eigenvalue weighted by Crippen LogP contribution is -2.24. The molecule has 172 valence electrons. The van der Waals surface area contributed by atoms with Crippen molar-refractivity contribution in [2.24, 2.45) is 0 Å². The van der Waals surface area contributed by atoms with Crippen molar-refractivity contribution in [3.8, 4) is 0 Å². The summed E-state index contributed by atoms with van der Waals surface area (Å²) in [6, 6.07) is 4.35. The molecule has 2 amide bonds. The third-order valence-electron chi connectivity index (χ3n) is 4.77. The summed E-state index contributed by atoms with van der Waals surface area (Å²) in [6.07, 6.45) is 12.4. The lowest BCUT2D eigenvalue weighted by Gasteiger charge is -2.09. The first-order valence-corrected chi connectivity index (χ1v) is 10.5. The molecule has 2 aromatic rings. The molecule has 0 spiro atoms. The minimum Gasteiger partial charge on any atom is -0.350 e. The van der Waals surface area contributed by atoms with E-state index >= 15 is 0 Å². The summed E-state index contributed by atoms with van der Waals surface area (Å²) in [4.78, 5) is 39.4. The highest BCUT2D eigenvalue weighted by Gasteiger charge is 2.21. The van der Waals surface area contributed by atoms with Gasteiger partial charge < -0.3 is 15.6 Å². The van der Waals surface area contributed by atoms with Gasteiger partial charge in [-0.15, -0.1) is 0 Å². The standard InChI is InChI=1S/C25H28N4O4/c1-5-9-17(8-4)26-23(30)15-13-20-21-16-19(29(32)33)12-14-22(21)28-24(20)25(31)27-18(10-6-2)11-7-3/h5-12,14,16,28H,2,13,15H2,1,3-4H3,(H,26,30)(H,27,31)/b9-5-,11-7-,17-8+,18-10+. The van der Waals surface area contributed by atoms with Gasteiger partial charge in [0, 0.05) is 40.9 Å². The molecule has 1 aromatic carbocycles. The van der Waals surface area contributed by atoms with Crippen LogP contribution in [0.1, 0.15) is 43.2 Å². The lowest BCUT2D eigenvalue weighted by atomic mass is 10.0. The fourth-order valence-corrected chi connectivity index (χ4v) is 3.29. The molecule has 0 atom stereocenters. The molecule has 0 radical (unpaired) electrons. The Kier molecular flexibility index (Phi) is 9.11. The Morgan fingerprint density at radius 3 is 2.42 bits per heavy atom. The second kappa shape index (κ2) is 12.0. The molecule has 33 heavy (non-hydrogen) atoms. The van der Waals surface area contributed by atoms with Crippen molar-refractivity contribution >= 4 is 28.4 Å². The maximum absolute atomic E-state index is 13.1. The lowest BCUT2D eigenvalue weighted by molar-refractivity contribution is -0.384. The minimum absolute atomic E-state index is 0.0923. The van der Waals surface area contributed by atoms with Crippen LogP contribution in [0.15, 0.2) is 78.7 Å². The van der Waals surface area contributed by atoms with Crippen molar-refractivity contribution in [3.63, 3.8) is 0 Å². The molecule has 1 heterocycles. The number of aromatic nitrogens is 1. The molecule has 8 nitrogen and oxygen atoms in total. The SMILES string of the molecule is C=C/C=C(\C=C/C)NC(=O)c1[nH]c2ccc([N+](=O)[O-])cc2c1CCC(=O)NC(/C=C\C)=C/C. The van der Waals surface area contributed by atoms with Crippen LogP contribution < -0.4 is 10.6 Å². The van der Waals surface area contributed by atoms with Gasteiger partial charge in [0.15, 0.2) is 0 Å². The highest BCUT2D eigenvalue weighted by molar-refractivity contribution is 6.02. The summed E-state index contributed by atoms with van der Waals surface area (Å²) in [7, 11) is 0. The minimum atomic E-state index is -0.491. The molecule has 0 aliphatic heterocycles. The highest BCUT2D eigenvalue weighted by atomic mass is 16.6. The van der Waals surface area contributed by atoms with Gasteiger partial charge in [0.05, 0.1) is 4.92 Å². The number of nitrogens with one attached hydrogen (secondary N) is 3. The van der Waals surface area contributed by atoms with Gasteiger partial charge in [0.2, 0.25) is 5.91 Å². The Labute approximate surface area is 192 Å². The van der Waals surface area contributed by atoms with E-state index < -0.39 is 10.8 Å². The Morgan fingerprint density at radius 1 is 1.12 bits per heavy atom. The quantitative estimate of drug-likeness (QED) is 0.270. The number of amides is 2. The number of carbonyl (C=O) groups is 2. The van der Waals surface area contributed by atoms with Crippen molar-refractivity contribution in [1.82, 2.24) is 15.6 Å². The average molecular weight is 449 g/mol. The zero-order valence-corrected chi connectivity index (χ0v) is 19.0. The summed E-state index contributed by atoms with van der Waals surface area (Å²) >= 11 is 0. The molecule has 8 heteroatoms. The average Bonchev–Trinajstić information content (AvgIpc) is 3.15. The molecular weight excluding hydrogens is 420 g/mol. The Balaban J connectivity index is 2.43. The number of nitrogens with zero attached hydrogens (tertiary/aromatic N) is 1. The van der Waals surface area contributed by atoms with Gasteiger partial charge in [-0.2, -0.15) is 0 Å². The van der Waals surface area contributed by atoms with Gasteiger partial charge >= 0.3 is 0 Å². The Morgan fingerprint density at radius 2 is 1.82 bits per heavy atom. The van der Waals surface area contributed by atoms with E-state index in [0.717, 1.165) is 0 Å². The van der Waals surface area contributed by atoms with E-state index in [1.54, 1.807) is 42.5 Å². The number of carbonyl (C=O) groups excluding carboxylic acids is 2. The van der Waals surface area contributed by atoms with Gasteiger partial charge in [-0.3, -0.25) is 19.7 Å². The summed E-state index contributed by atoms with van der Waals surface area (Å²) in [5.74, 6) is -0.646. The molecule has 1 aromatic heterocycles. The molecule has 0 saturated carbocycles. The van der Waals surface area contributed by atoms with Crippen LogP contribution in [0.4, 0.5) is 5.69 Å². The van der Waals surface area contributed by atoms with Gasteiger partial charge in [0.25, 0.3) is 11.6 Å². The predicted molar refractivity (Wildman–Crippen MR) is 131 cm³/mol. The fourth-order valence-electron chi connectivity index (χ4n) is 3.29. The smallest absolute Gasteiger partial charge is 0.272 e. The van der Waals surface area contributed by atoms with Gasteiger partial charge in [-0.25, -0.2) is 0 Å². The zero-order valence-electron chi connectivity index (χ0n) is 19.0. The van der Waals surface area contributed by atoms with Crippen LogP contribution in [0.5, 0.6) is 0 Å².